The molecule has 4 nitrogen and oxygen atoms in total. The third-order valence-corrected chi connectivity index (χ3v) is 5.57. The normalized spacial score (nSPS) is 11.1. The first-order chi connectivity index (χ1) is 9.81. The molecule has 0 bridgehead atoms. The van der Waals surface area contributed by atoms with Crippen LogP contribution in [0.15, 0.2) is 47.4 Å². The summed E-state index contributed by atoms with van der Waals surface area (Å²) in [4.78, 5) is 0.453. The van der Waals surface area contributed by atoms with Crippen molar-refractivity contribution in [1.29, 1.82) is 0 Å². The van der Waals surface area contributed by atoms with Gasteiger partial charge in [0.25, 0.3) is 10.0 Å². The second kappa shape index (κ2) is 6.29. The average Bonchev–Trinajstić information content (AvgIpc) is 2.40. The predicted octanol–water partition coefficient (Wildman–Crippen LogP) is 3.03. The maximum Gasteiger partial charge on any atom is 0.262 e. The molecule has 2 rings (SSSR count). The summed E-state index contributed by atoms with van der Waals surface area (Å²) >= 11 is 6.97. The average molecular weight is 432 g/mol. The number of sulfonamides is 1. The summed E-state index contributed by atoms with van der Waals surface area (Å²) in [5, 5.41) is 0. The Morgan fingerprint density at radius 3 is 2.48 bits per heavy atom. The highest BCUT2D eigenvalue weighted by Gasteiger charge is 2.18. The van der Waals surface area contributed by atoms with Crippen LogP contribution < -0.4 is 10.5 Å². The number of hydrogen-bond donors (Lipinski definition) is 2. The van der Waals surface area contributed by atoms with E-state index in [1.807, 2.05) is 12.1 Å². The lowest BCUT2D eigenvalue weighted by molar-refractivity contribution is 0.600. The molecule has 0 radical (unpaired) electrons. The summed E-state index contributed by atoms with van der Waals surface area (Å²) in [6.07, 6.45) is 0. The summed E-state index contributed by atoms with van der Waals surface area (Å²) in [6.45, 7) is 1.71. The molecule has 0 heterocycles. The van der Waals surface area contributed by atoms with Gasteiger partial charge in [-0.05, 0) is 59.3 Å². The van der Waals surface area contributed by atoms with E-state index >= 15 is 0 Å². The highest BCUT2D eigenvalue weighted by Crippen LogP contribution is 2.23. The second-order valence-corrected chi connectivity index (χ2v) is 7.68. The molecule has 7 heteroatoms. The number of benzene rings is 2. The van der Waals surface area contributed by atoms with Crippen LogP contribution in [0, 0.1) is 10.5 Å². The second-order valence-electron chi connectivity index (χ2n) is 4.43. The number of halogens is 1. The molecular weight excluding hydrogens is 419 g/mol. The largest absolute Gasteiger partial charge is 0.389 e. The lowest BCUT2D eigenvalue weighted by Crippen LogP contribution is -2.16. The van der Waals surface area contributed by atoms with E-state index in [4.69, 9.17) is 18.0 Å². The van der Waals surface area contributed by atoms with E-state index in [9.17, 15) is 8.42 Å². The van der Waals surface area contributed by atoms with Gasteiger partial charge in [-0.25, -0.2) is 8.42 Å². The quantitative estimate of drug-likeness (QED) is 0.576. The number of nitrogens with one attached hydrogen (secondary N) is 1. The van der Waals surface area contributed by atoms with E-state index < -0.39 is 10.0 Å². The van der Waals surface area contributed by atoms with E-state index in [0.29, 0.717) is 16.8 Å². The maximum atomic E-state index is 12.5. The van der Waals surface area contributed by atoms with Crippen LogP contribution >= 0.6 is 34.8 Å². The fraction of sp³-hybridized carbons (Fsp3) is 0.0714. The Labute approximate surface area is 142 Å². The summed E-state index contributed by atoms with van der Waals surface area (Å²) in [5.41, 5.74) is 7.35. The van der Waals surface area contributed by atoms with E-state index in [1.165, 1.54) is 6.07 Å². The highest BCUT2D eigenvalue weighted by atomic mass is 127. The fourth-order valence-corrected chi connectivity index (χ4v) is 3.99. The molecule has 0 fully saturated rings. The van der Waals surface area contributed by atoms with Gasteiger partial charge in [-0.3, -0.25) is 4.72 Å². The molecule has 2 aromatic carbocycles. The minimum absolute atomic E-state index is 0.210. The minimum atomic E-state index is -3.65. The third-order valence-electron chi connectivity index (χ3n) is 2.87. The number of aryl methyl sites for hydroxylation is 1. The van der Waals surface area contributed by atoms with Crippen molar-refractivity contribution in [2.75, 3.05) is 4.72 Å². The van der Waals surface area contributed by atoms with Gasteiger partial charge in [0.15, 0.2) is 0 Å². The summed E-state index contributed by atoms with van der Waals surface area (Å²) in [7, 11) is -3.65. The Hall–Kier alpha value is -1.19. The lowest BCUT2D eigenvalue weighted by atomic mass is 10.1. The topological polar surface area (TPSA) is 72.2 Å². The van der Waals surface area contributed by atoms with Crippen LogP contribution in [0.1, 0.15) is 11.1 Å². The van der Waals surface area contributed by atoms with Gasteiger partial charge in [0, 0.05) is 9.13 Å². The van der Waals surface area contributed by atoms with Crippen LogP contribution in [-0.2, 0) is 10.0 Å². The highest BCUT2D eigenvalue weighted by molar-refractivity contribution is 14.1. The van der Waals surface area contributed by atoms with Crippen LogP contribution in [0.4, 0.5) is 5.69 Å². The van der Waals surface area contributed by atoms with Gasteiger partial charge in [-0.15, -0.1) is 0 Å². The molecule has 0 atom stereocenters. The van der Waals surface area contributed by atoms with Gasteiger partial charge in [-0.1, -0.05) is 30.4 Å². The molecule has 0 aliphatic heterocycles. The SMILES string of the molecule is Cc1cc(C(N)=S)ccc1S(=O)(=O)Nc1ccccc1I. The number of rotatable bonds is 4. The van der Waals surface area contributed by atoms with Crippen LogP contribution in [0.2, 0.25) is 0 Å². The number of anilines is 1. The summed E-state index contributed by atoms with van der Waals surface area (Å²) in [5.74, 6) is 0. The monoisotopic (exact) mass is 432 g/mol. The van der Waals surface area contributed by atoms with Gasteiger partial charge in [0.2, 0.25) is 0 Å². The minimum Gasteiger partial charge on any atom is -0.389 e. The van der Waals surface area contributed by atoms with Crippen molar-refractivity contribution in [3.05, 3.63) is 57.2 Å². The van der Waals surface area contributed by atoms with Crippen molar-refractivity contribution in [2.24, 2.45) is 5.73 Å². The van der Waals surface area contributed by atoms with E-state index in [0.717, 1.165) is 3.57 Å². The number of hydrogen-bond acceptors (Lipinski definition) is 3. The molecule has 0 saturated heterocycles. The van der Waals surface area contributed by atoms with Gasteiger partial charge < -0.3 is 5.73 Å². The lowest BCUT2D eigenvalue weighted by Gasteiger charge is -2.12. The Morgan fingerprint density at radius 2 is 1.90 bits per heavy atom. The van der Waals surface area contributed by atoms with Crippen molar-refractivity contribution < 1.29 is 8.42 Å². The van der Waals surface area contributed by atoms with Gasteiger partial charge in [0.1, 0.15) is 4.99 Å². The molecule has 0 spiro atoms. The Bertz CT molecular complexity index is 804. The zero-order chi connectivity index (χ0) is 15.6. The van der Waals surface area contributed by atoms with Crippen molar-refractivity contribution in [1.82, 2.24) is 0 Å². The molecule has 21 heavy (non-hydrogen) atoms. The molecule has 0 amide bonds. The van der Waals surface area contributed by atoms with E-state index in [-0.39, 0.29) is 9.88 Å². The molecule has 2 aromatic rings. The molecule has 0 unspecified atom stereocenters. The number of para-hydroxylation sites is 1. The molecule has 0 aliphatic rings. The Balaban J connectivity index is 2.41. The fourth-order valence-electron chi connectivity index (χ4n) is 1.85. The predicted molar refractivity (Wildman–Crippen MR) is 97.0 cm³/mol. The van der Waals surface area contributed by atoms with Crippen LogP contribution in [0.3, 0.4) is 0 Å². The number of thiocarbonyl (C=S) groups is 1. The van der Waals surface area contributed by atoms with Crippen molar-refractivity contribution in [2.45, 2.75) is 11.8 Å². The van der Waals surface area contributed by atoms with Crippen molar-refractivity contribution in [3.8, 4) is 0 Å². The van der Waals surface area contributed by atoms with Crippen molar-refractivity contribution in [3.63, 3.8) is 0 Å². The summed E-state index contributed by atoms with van der Waals surface area (Å²) < 4.78 is 28.4. The zero-order valence-electron chi connectivity index (χ0n) is 11.1. The standard InChI is InChI=1S/C14H13IN2O2S2/c1-9-8-10(14(16)20)6-7-13(9)21(18,19)17-12-5-3-2-4-11(12)15/h2-8,17H,1H3,(H2,16,20). The zero-order valence-corrected chi connectivity index (χ0v) is 14.9. The van der Waals surface area contributed by atoms with E-state index in [1.54, 1.807) is 31.2 Å². The first-order valence-corrected chi connectivity index (χ1v) is 8.96. The van der Waals surface area contributed by atoms with Crippen LogP contribution in [-0.4, -0.2) is 13.4 Å². The third kappa shape index (κ3) is 3.72. The van der Waals surface area contributed by atoms with Gasteiger partial charge in [0.05, 0.1) is 10.6 Å². The molecule has 3 N–H and O–H groups in total. The van der Waals surface area contributed by atoms with Crippen LogP contribution in [0.25, 0.3) is 0 Å². The Morgan fingerprint density at radius 1 is 1.24 bits per heavy atom. The Kier molecular flexibility index (Phi) is 4.84. The first-order valence-electron chi connectivity index (χ1n) is 5.99. The van der Waals surface area contributed by atoms with E-state index in [2.05, 4.69) is 27.3 Å². The maximum absolute atomic E-state index is 12.5. The molecular formula is C14H13IN2O2S2. The molecule has 0 aromatic heterocycles. The van der Waals surface area contributed by atoms with Crippen LogP contribution in [0.5, 0.6) is 0 Å². The smallest absolute Gasteiger partial charge is 0.262 e. The first kappa shape index (κ1) is 16.2. The molecule has 110 valence electrons. The molecule has 0 saturated carbocycles. The number of nitrogens with two attached hydrogens (primary N) is 1. The van der Waals surface area contributed by atoms with Gasteiger partial charge in [-0.2, -0.15) is 0 Å². The van der Waals surface area contributed by atoms with Gasteiger partial charge >= 0.3 is 0 Å². The molecule has 0 aliphatic carbocycles. The summed E-state index contributed by atoms with van der Waals surface area (Å²) in [6, 6.07) is 12.0. The van der Waals surface area contributed by atoms with Crippen molar-refractivity contribution >= 4 is 55.5 Å².